The van der Waals surface area contributed by atoms with E-state index in [0.29, 0.717) is 34.9 Å². The second kappa shape index (κ2) is 8.85. The summed E-state index contributed by atoms with van der Waals surface area (Å²) in [5, 5.41) is 7.91. The minimum absolute atomic E-state index is 0.103. The fourth-order valence-electron chi connectivity index (χ4n) is 3.89. The summed E-state index contributed by atoms with van der Waals surface area (Å²) in [6.45, 7) is 3.25. The highest BCUT2D eigenvalue weighted by Gasteiger charge is 2.18. The SMILES string of the molecule is Cc1ccc(NC(=O)c2ccc3noc(-c4ccccc4)c3c2)c(OCC2CCCO2)c1. The number of carbonyl (C=O) groups is 1. The first kappa shape index (κ1) is 20.3. The van der Waals surface area contributed by atoms with Gasteiger partial charge in [-0.15, -0.1) is 0 Å². The highest BCUT2D eigenvalue weighted by atomic mass is 16.5. The third kappa shape index (κ3) is 4.22. The summed E-state index contributed by atoms with van der Waals surface area (Å²) in [7, 11) is 0. The van der Waals surface area contributed by atoms with Crippen LogP contribution in [-0.2, 0) is 4.74 Å². The van der Waals surface area contributed by atoms with Gasteiger partial charge in [-0.05, 0) is 55.7 Å². The summed E-state index contributed by atoms with van der Waals surface area (Å²) < 4.78 is 17.2. The maximum atomic E-state index is 13.1. The lowest BCUT2D eigenvalue weighted by Gasteiger charge is -2.16. The fraction of sp³-hybridized carbons (Fsp3) is 0.231. The minimum atomic E-state index is -0.224. The normalized spacial score (nSPS) is 15.7. The van der Waals surface area contributed by atoms with E-state index in [1.165, 1.54) is 0 Å². The van der Waals surface area contributed by atoms with Crippen LogP contribution in [0.1, 0.15) is 28.8 Å². The van der Waals surface area contributed by atoms with Crippen molar-refractivity contribution in [2.24, 2.45) is 0 Å². The average Bonchev–Trinajstić information content (AvgIpc) is 3.49. The van der Waals surface area contributed by atoms with Crippen molar-refractivity contribution in [3.05, 3.63) is 77.9 Å². The molecule has 0 saturated carbocycles. The Balaban J connectivity index is 1.39. The van der Waals surface area contributed by atoms with Crippen molar-refractivity contribution in [3.8, 4) is 17.1 Å². The molecule has 32 heavy (non-hydrogen) atoms. The summed E-state index contributed by atoms with van der Waals surface area (Å²) in [4.78, 5) is 13.1. The first-order valence-corrected chi connectivity index (χ1v) is 10.8. The molecule has 1 atom stereocenters. The molecule has 1 aliphatic rings. The Morgan fingerprint density at radius 3 is 2.81 bits per heavy atom. The smallest absolute Gasteiger partial charge is 0.255 e. The molecule has 0 bridgehead atoms. The van der Waals surface area contributed by atoms with Gasteiger partial charge >= 0.3 is 0 Å². The van der Waals surface area contributed by atoms with Gasteiger partial charge in [-0.25, -0.2) is 0 Å². The van der Waals surface area contributed by atoms with Crippen LogP contribution in [0, 0.1) is 6.92 Å². The van der Waals surface area contributed by atoms with Gasteiger partial charge in [0.1, 0.15) is 17.9 Å². The van der Waals surface area contributed by atoms with E-state index in [-0.39, 0.29) is 12.0 Å². The van der Waals surface area contributed by atoms with Crippen LogP contribution in [0.25, 0.3) is 22.2 Å². The summed E-state index contributed by atoms with van der Waals surface area (Å²) >= 11 is 0. The van der Waals surface area contributed by atoms with Crippen LogP contribution in [0.3, 0.4) is 0 Å². The lowest BCUT2D eigenvalue weighted by molar-refractivity contribution is 0.0681. The lowest BCUT2D eigenvalue weighted by Crippen LogP contribution is -2.18. The molecule has 4 aromatic rings. The zero-order valence-electron chi connectivity index (χ0n) is 17.8. The monoisotopic (exact) mass is 428 g/mol. The molecule has 5 rings (SSSR count). The van der Waals surface area contributed by atoms with Gasteiger partial charge < -0.3 is 19.3 Å². The Labute approximate surface area is 186 Å². The van der Waals surface area contributed by atoms with E-state index in [1.54, 1.807) is 12.1 Å². The van der Waals surface area contributed by atoms with Gasteiger partial charge in [0, 0.05) is 17.7 Å². The molecule has 1 N–H and O–H groups in total. The molecule has 6 nitrogen and oxygen atoms in total. The third-order valence-electron chi connectivity index (χ3n) is 5.61. The van der Waals surface area contributed by atoms with Crippen LogP contribution in [-0.4, -0.2) is 30.4 Å². The van der Waals surface area contributed by atoms with Crippen LogP contribution in [0.2, 0.25) is 0 Å². The number of nitrogens with one attached hydrogen (secondary N) is 1. The third-order valence-corrected chi connectivity index (χ3v) is 5.61. The number of nitrogens with zero attached hydrogens (tertiary/aromatic N) is 1. The molecule has 6 heteroatoms. The fourth-order valence-corrected chi connectivity index (χ4v) is 3.89. The number of anilines is 1. The second-order valence-electron chi connectivity index (χ2n) is 8.01. The van der Waals surface area contributed by atoms with Crippen molar-refractivity contribution in [1.82, 2.24) is 5.16 Å². The van der Waals surface area contributed by atoms with E-state index >= 15 is 0 Å². The number of ether oxygens (including phenoxy) is 2. The van der Waals surface area contributed by atoms with Gasteiger partial charge in [-0.3, -0.25) is 4.79 Å². The number of hydrogen-bond acceptors (Lipinski definition) is 5. The van der Waals surface area contributed by atoms with Crippen LogP contribution in [0.4, 0.5) is 5.69 Å². The van der Waals surface area contributed by atoms with Crippen molar-refractivity contribution in [3.63, 3.8) is 0 Å². The molecule has 2 heterocycles. The number of aromatic nitrogens is 1. The van der Waals surface area contributed by atoms with Gasteiger partial charge in [0.25, 0.3) is 5.91 Å². The minimum Gasteiger partial charge on any atom is -0.489 e. The Kier molecular flexibility index (Phi) is 5.60. The molecule has 1 unspecified atom stereocenters. The van der Waals surface area contributed by atoms with E-state index in [9.17, 15) is 4.79 Å². The largest absolute Gasteiger partial charge is 0.489 e. The molecular weight excluding hydrogens is 404 g/mol. The second-order valence-corrected chi connectivity index (χ2v) is 8.01. The predicted molar refractivity (Wildman–Crippen MR) is 123 cm³/mol. The molecule has 0 spiro atoms. The molecule has 1 aliphatic heterocycles. The first-order chi connectivity index (χ1) is 15.7. The van der Waals surface area contributed by atoms with E-state index < -0.39 is 0 Å². The van der Waals surface area contributed by atoms with Gasteiger partial charge in [0.05, 0.1) is 17.2 Å². The summed E-state index contributed by atoms with van der Waals surface area (Å²) in [6.07, 6.45) is 2.16. The zero-order valence-corrected chi connectivity index (χ0v) is 17.8. The first-order valence-electron chi connectivity index (χ1n) is 10.8. The number of amides is 1. The summed E-state index contributed by atoms with van der Waals surface area (Å²) in [5.74, 6) is 1.06. The van der Waals surface area contributed by atoms with Crippen molar-refractivity contribution in [2.75, 3.05) is 18.5 Å². The standard InChI is InChI=1S/C26H24N2O4/c1-17-9-11-23(24(14-17)31-16-20-8-5-13-30-20)27-26(29)19-10-12-22-21(15-19)25(32-28-22)18-6-3-2-4-7-18/h2-4,6-7,9-12,14-15,20H,5,8,13,16H2,1H3,(H,27,29). The molecular formula is C26H24N2O4. The van der Waals surface area contributed by atoms with Crippen LogP contribution >= 0.6 is 0 Å². The van der Waals surface area contributed by atoms with Crippen LogP contribution < -0.4 is 10.1 Å². The van der Waals surface area contributed by atoms with Crippen molar-refractivity contribution in [2.45, 2.75) is 25.9 Å². The van der Waals surface area contributed by atoms with Gasteiger partial charge in [0.15, 0.2) is 5.76 Å². The van der Waals surface area contributed by atoms with Crippen molar-refractivity contribution >= 4 is 22.5 Å². The number of rotatable bonds is 6. The Morgan fingerprint density at radius 2 is 2.00 bits per heavy atom. The number of carbonyl (C=O) groups excluding carboxylic acids is 1. The lowest BCUT2D eigenvalue weighted by atomic mass is 10.1. The zero-order chi connectivity index (χ0) is 21.9. The molecule has 1 fully saturated rings. The number of hydrogen-bond donors (Lipinski definition) is 1. The summed E-state index contributed by atoms with van der Waals surface area (Å²) in [6, 6.07) is 20.8. The van der Waals surface area contributed by atoms with Crippen LogP contribution in [0.15, 0.2) is 71.3 Å². The number of aryl methyl sites for hydroxylation is 1. The highest BCUT2D eigenvalue weighted by Crippen LogP contribution is 2.31. The Bertz CT molecular complexity index is 1240. The molecule has 1 aromatic heterocycles. The quantitative estimate of drug-likeness (QED) is 0.432. The van der Waals surface area contributed by atoms with E-state index in [4.69, 9.17) is 14.0 Å². The Morgan fingerprint density at radius 1 is 1.12 bits per heavy atom. The maximum absolute atomic E-state index is 13.1. The maximum Gasteiger partial charge on any atom is 0.255 e. The average molecular weight is 428 g/mol. The number of benzene rings is 3. The van der Waals surface area contributed by atoms with Crippen molar-refractivity contribution in [1.29, 1.82) is 0 Å². The topological polar surface area (TPSA) is 73.6 Å². The molecule has 3 aromatic carbocycles. The van der Waals surface area contributed by atoms with Gasteiger partial charge in [0.2, 0.25) is 0 Å². The molecule has 162 valence electrons. The van der Waals surface area contributed by atoms with E-state index in [0.717, 1.165) is 36.0 Å². The van der Waals surface area contributed by atoms with Crippen molar-refractivity contribution < 1.29 is 18.8 Å². The molecule has 1 saturated heterocycles. The van der Waals surface area contributed by atoms with Crippen LogP contribution in [0.5, 0.6) is 5.75 Å². The molecule has 1 amide bonds. The predicted octanol–water partition coefficient (Wildman–Crippen LogP) is 5.61. The number of fused-ring (bicyclic) bond motifs is 1. The van der Waals surface area contributed by atoms with Gasteiger partial charge in [-0.1, -0.05) is 41.6 Å². The Hall–Kier alpha value is -3.64. The van der Waals surface area contributed by atoms with Gasteiger partial charge in [-0.2, -0.15) is 0 Å². The van der Waals surface area contributed by atoms with E-state index in [2.05, 4.69) is 10.5 Å². The molecule has 0 aliphatic carbocycles. The highest BCUT2D eigenvalue weighted by molar-refractivity contribution is 6.08. The van der Waals surface area contributed by atoms with E-state index in [1.807, 2.05) is 61.5 Å². The summed E-state index contributed by atoms with van der Waals surface area (Å²) in [5.41, 5.74) is 3.83. The molecule has 0 radical (unpaired) electrons.